The number of nitrogens with zero attached hydrogens (tertiary/aromatic N) is 4. The van der Waals surface area contributed by atoms with E-state index in [2.05, 4.69) is 33.9 Å². The van der Waals surface area contributed by atoms with Crippen LogP contribution in [0.5, 0.6) is 0 Å². The Morgan fingerprint density at radius 1 is 1.28 bits per heavy atom. The smallest absolute Gasteiger partial charge is 0.410 e. The van der Waals surface area contributed by atoms with Gasteiger partial charge < -0.3 is 19.3 Å². The Kier molecular flexibility index (Phi) is 4.97. The van der Waals surface area contributed by atoms with Gasteiger partial charge in [-0.1, -0.05) is 6.92 Å². The maximum absolute atomic E-state index is 12.3. The van der Waals surface area contributed by atoms with E-state index in [1.165, 1.54) is 21.7 Å². The highest BCUT2D eigenvalue weighted by atomic mass is 32.1. The Morgan fingerprint density at radius 3 is 2.79 bits per heavy atom. The van der Waals surface area contributed by atoms with E-state index in [9.17, 15) is 4.79 Å². The largest absolute Gasteiger partial charge is 0.441 e. The molecule has 2 aliphatic heterocycles. The number of ether oxygens (including phenoxy) is 2. The van der Waals surface area contributed by atoms with Crippen LogP contribution in [0, 0.1) is 0 Å². The fourth-order valence-corrected chi connectivity index (χ4v) is 4.74. The molecule has 0 unspecified atom stereocenters. The molecule has 5 rings (SSSR count). The lowest BCUT2D eigenvalue weighted by atomic mass is 10.1. The molecule has 0 bridgehead atoms. The zero-order chi connectivity index (χ0) is 19.8. The third kappa shape index (κ3) is 3.62. The molecule has 152 valence electrons. The van der Waals surface area contributed by atoms with Gasteiger partial charge in [0.15, 0.2) is 6.10 Å². The lowest BCUT2D eigenvalue weighted by Gasteiger charge is -2.37. The number of aromatic nitrogens is 2. The molecule has 2 aromatic heterocycles. The Balaban J connectivity index is 1.28. The summed E-state index contributed by atoms with van der Waals surface area (Å²) in [4.78, 5) is 26.9. The number of piperazine rings is 1. The third-order valence-corrected chi connectivity index (χ3v) is 6.87. The summed E-state index contributed by atoms with van der Waals surface area (Å²) in [6.07, 6.45) is 7.65. The predicted octanol–water partition coefficient (Wildman–Crippen LogP) is 2.85. The minimum Gasteiger partial charge on any atom is -0.441 e. The number of amides is 1. The molecule has 7 nitrogen and oxygen atoms in total. The van der Waals surface area contributed by atoms with Crippen LogP contribution in [-0.4, -0.2) is 66.5 Å². The number of fused-ring (bicyclic) bond motifs is 1. The first-order chi connectivity index (χ1) is 14.2. The van der Waals surface area contributed by atoms with Gasteiger partial charge in [-0.2, -0.15) is 0 Å². The summed E-state index contributed by atoms with van der Waals surface area (Å²) >= 11 is 1.77. The monoisotopic (exact) mass is 412 g/mol. The number of rotatable bonds is 4. The molecule has 2 saturated heterocycles. The van der Waals surface area contributed by atoms with Gasteiger partial charge in [0.2, 0.25) is 0 Å². The molecule has 2 aromatic rings. The van der Waals surface area contributed by atoms with Crippen molar-refractivity contribution in [1.82, 2.24) is 14.9 Å². The standard InChI is InChI=1S/C21H24N4O3S/c1-2-16-11-23-20(29-16)14-9-17-18(10-14)22-4-3-19(17)24-5-7-25(8-6-24)21(26)28-15-12-27-13-15/h3-4,9,11,15H,2,5-8,10,12-13H2,1H3. The van der Waals surface area contributed by atoms with Crippen molar-refractivity contribution in [2.45, 2.75) is 25.9 Å². The molecule has 2 fully saturated rings. The average Bonchev–Trinajstić information content (AvgIpc) is 3.37. The highest BCUT2D eigenvalue weighted by molar-refractivity contribution is 7.12. The number of carbonyl (C=O) groups excluding carboxylic acids is 1. The average molecular weight is 413 g/mol. The zero-order valence-electron chi connectivity index (χ0n) is 16.5. The number of allylic oxidation sites excluding steroid dienone is 1. The maximum atomic E-state index is 12.3. The van der Waals surface area contributed by atoms with Crippen LogP contribution in [0.25, 0.3) is 11.6 Å². The van der Waals surface area contributed by atoms with Crippen molar-refractivity contribution in [1.29, 1.82) is 0 Å². The minimum atomic E-state index is -0.226. The van der Waals surface area contributed by atoms with Gasteiger partial charge in [0.05, 0.1) is 18.9 Å². The molecule has 0 radical (unpaired) electrons. The molecular formula is C21H24N4O3S. The number of carbonyl (C=O) groups is 1. The quantitative estimate of drug-likeness (QED) is 0.769. The van der Waals surface area contributed by atoms with E-state index in [0.29, 0.717) is 26.3 Å². The van der Waals surface area contributed by atoms with Gasteiger partial charge in [-0.3, -0.25) is 4.98 Å². The summed E-state index contributed by atoms with van der Waals surface area (Å²) in [7, 11) is 0. The lowest BCUT2D eigenvalue weighted by molar-refractivity contribution is -0.104. The molecule has 0 aromatic carbocycles. The molecule has 3 aliphatic rings. The molecule has 0 saturated carbocycles. The number of aryl methyl sites for hydroxylation is 1. The van der Waals surface area contributed by atoms with E-state index in [4.69, 9.17) is 9.47 Å². The van der Waals surface area contributed by atoms with Crippen molar-refractivity contribution >= 4 is 34.8 Å². The lowest BCUT2D eigenvalue weighted by Crippen LogP contribution is -2.51. The van der Waals surface area contributed by atoms with Crippen molar-refractivity contribution < 1.29 is 14.3 Å². The number of hydrogen-bond donors (Lipinski definition) is 0. The third-order valence-electron chi connectivity index (χ3n) is 5.66. The Morgan fingerprint density at radius 2 is 2.10 bits per heavy atom. The van der Waals surface area contributed by atoms with Crippen LogP contribution in [0.15, 0.2) is 18.5 Å². The number of anilines is 1. The molecule has 29 heavy (non-hydrogen) atoms. The number of pyridine rings is 1. The van der Waals surface area contributed by atoms with Gasteiger partial charge >= 0.3 is 6.09 Å². The van der Waals surface area contributed by atoms with Crippen LogP contribution >= 0.6 is 11.3 Å². The SMILES string of the molecule is CCc1cnc(C2=Cc3c(N4CCN(C(=O)OC5COC5)CC4)ccnc3C2)s1. The van der Waals surface area contributed by atoms with Gasteiger partial charge in [-0.25, -0.2) is 9.78 Å². The molecule has 1 aliphatic carbocycles. The summed E-state index contributed by atoms with van der Waals surface area (Å²) in [6, 6.07) is 2.08. The van der Waals surface area contributed by atoms with E-state index < -0.39 is 0 Å². The van der Waals surface area contributed by atoms with E-state index >= 15 is 0 Å². The van der Waals surface area contributed by atoms with E-state index in [-0.39, 0.29) is 12.2 Å². The summed E-state index contributed by atoms with van der Waals surface area (Å²) in [5.41, 5.74) is 4.74. The summed E-state index contributed by atoms with van der Waals surface area (Å²) in [5.74, 6) is 0. The van der Waals surface area contributed by atoms with Gasteiger partial charge in [0.25, 0.3) is 0 Å². The second kappa shape index (κ2) is 7.76. The van der Waals surface area contributed by atoms with Gasteiger partial charge in [0.1, 0.15) is 5.01 Å². The molecule has 0 atom stereocenters. The van der Waals surface area contributed by atoms with Gasteiger partial charge in [0, 0.05) is 61.1 Å². The van der Waals surface area contributed by atoms with Crippen LogP contribution in [0.1, 0.15) is 28.1 Å². The van der Waals surface area contributed by atoms with Crippen molar-refractivity contribution in [2.24, 2.45) is 0 Å². The summed E-state index contributed by atoms with van der Waals surface area (Å²) in [5, 5.41) is 1.10. The highest BCUT2D eigenvalue weighted by Crippen LogP contribution is 2.37. The minimum absolute atomic E-state index is 0.0772. The Bertz CT molecular complexity index is 945. The molecule has 0 N–H and O–H groups in total. The normalized spacial score (nSPS) is 19.0. The van der Waals surface area contributed by atoms with Crippen molar-refractivity contribution in [3.63, 3.8) is 0 Å². The number of hydrogen-bond acceptors (Lipinski definition) is 7. The predicted molar refractivity (Wildman–Crippen MR) is 112 cm³/mol. The molecule has 0 spiro atoms. The van der Waals surface area contributed by atoms with E-state index in [0.717, 1.165) is 36.6 Å². The Hall–Kier alpha value is -2.45. The first-order valence-electron chi connectivity index (χ1n) is 10.1. The number of thiazole rings is 1. The van der Waals surface area contributed by atoms with Crippen LogP contribution in [0.3, 0.4) is 0 Å². The van der Waals surface area contributed by atoms with Crippen LogP contribution in [0.4, 0.5) is 10.5 Å². The first-order valence-corrected chi connectivity index (χ1v) is 10.9. The van der Waals surface area contributed by atoms with E-state index in [1.807, 2.05) is 12.4 Å². The topological polar surface area (TPSA) is 67.8 Å². The van der Waals surface area contributed by atoms with Gasteiger partial charge in [-0.05, 0) is 24.1 Å². The summed E-state index contributed by atoms with van der Waals surface area (Å²) < 4.78 is 10.5. The van der Waals surface area contributed by atoms with E-state index in [1.54, 1.807) is 16.2 Å². The molecule has 4 heterocycles. The second-order valence-electron chi connectivity index (χ2n) is 7.54. The van der Waals surface area contributed by atoms with Crippen LogP contribution in [-0.2, 0) is 22.3 Å². The fourth-order valence-electron chi connectivity index (χ4n) is 3.87. The van der Waals surface area contributed by atoms with Gasteiger partial charge in [-0.15, -0.1) is 11.3 Å². The van der Waals surface area contributed by atoms with Crippen LogP contribution in [0.2, 0.25) is 0 Å². The fraction of sp³-hybridized carbons (Fsp3) is 0.476. The first kappa shape index (κ1) is 18.6. The van der Waals surface area contributed by atoms with Crippen molar-refractivity contribution in [3.8, 4) is 0 Å². The van der Waals surface area contributed by atoms with Crippen molar-refractivity contribution in [2.75, 3.05) is 44.3 Å². The van der Waals surface area contributed by atoms with Crippen LogP contribution < -0.4 is 4.90 Å². The second-order valence-corrected chi connectivity index (χ2v) is 8.65. The maximum Gasteiger partial charge on any atom is 0.410 e. The molecular weight excluding hydrogens is 388 g/mol. The van der Waals surface area contributed by atoms with Crippen molar-refractivity contribution in [3.05, 3.63) is 39.6 Å². The highest BCUT2D eigenvalue weighted by Gasteiger charge is 2.29. The Labute approximate surface area is 174 Å². The molecule has 1 amide bonds. The summed E-state index contributed by atoms with van der Waals surface area (Å²) in [6.45, 7) is 6.08. The molecule has 8 heteroatoms. The zero-order valence-corrected chi connectivity index (χ0v) is 17.3.